The molecule has 0 aliphatic carbocycles. The van der Waals surface area contributed by atoms with Gasteiger partial charge in [-0.3, -0.25) is 0 Å². The van der Waals surface area contributed by atoms with Crippen LogP contribution in [-0.4, -0.2) is 25.2 Å². The third kappa shape index (κ3) is 1.74. The zero-order valence-corrected chi connectivity index (χ0v) is 9.81. The molecule has 0 radical (unpaired) electrons. The Morgan fingerprint density at radius 2 is 1.94 bits per heavy atom. The number of hydrogen-bond donors (Lipinski definition) is 3. The van der Waals surface area contributed by atoms with Crippen LogP contribution in [0.3, 0.4) is 0 Å². The minimum atomic E-state index is -0.195. The monoisotopic (exact) mass is 261 g/mol. The molecule has 0 amide bonds. The van der Waals surface area contributed by atoms with Gasteiger partial charge < -0.3 is 15.2 Å². The van der Waals surface area contributed by atoms with Crippen molar-refractivity contribution in [1.29, 1.82) is 0 Å². The number of nitrogens with zero attached hydrogens (tertiary/aromatic N) is 2. The number of aromatic hydroxyl groups is 2. The second kappa shape index (κ2) is 3.89. The largest absolute Gasteiger partial charge is 0.504 e. The molecule has 3 rings (SSSR count). The normalized spacial score (nSPS) is 10.9. The highest BCUT2D eigenvalue weighted by atomic mass is 35.5. The van der Waals surface area contributed by atoms with Gasteiger partial charge in [-0.05, 0) is 24.3 Å². The number of benzene rings is 1. The van der Waals surface area contributed by atoms with Crippen LogP contribution < -0.4 is 0 Å². The predicted molar refractivity (Wildman–Crippen MR) is 67.7 cm³/mol. The van der Waals surface area contributed by atoms with Crippen LogP contribution in [0.2, 0.25) is 5.02 Å². The molecule has 0 aliphatic heterocycles. The van der Waals surface area contributed by atoms with Crippen molar-refractivity contribution in [1.82, 2.24) is 15.0 Å². The zero-order valence-electron chi connectivity index (χ0n) is 9.05. The fourth-order valence-corrected chi connectivity index (χ4v) is 1.84. The topological polar surface area (TPSA) is 82.0 Å². The quantitative estimate of drug-likeness (QED) is 0.588. The summed E-state index contributed by atoms with van der Waals surface area (Å²) in [6.45, 7) is 0. The molecule has 0 unspecified atom stereocenters. The maximum Gasteiger partial charge on any atom is 0.178 e. The average molecular weight is 262 g/mol. The van der Waals surface area contributed by atoms with Crippen LogP contribution in [0.1, 0.15) is 0 Å². The lowest BCUT2D eigenvalue weighted by molar-refractivity contribution is 0.404. The molecule has 0 bridgehead atoms. The summed E-state index contributed by atoms with van der Waals surface area (Å²) in [5, 5.41) is 19.2. The number of rotatable bonds is 1. The van der Waals surface area contributed by atoms with E-state index >= 15 is 0 Å². The minimum Gasteiger partial charge on any atom is -0.504 e. The van der Waals surface area contributed by atoms with E-state index < -0.39 is 0 Å². The fourth-order valence-electron chi connectivity index (χ4n) is 1.68. The fraction of sp³-hybridized carbons (Fsp3) is 0. The molecule has 6 heteroatoms. The van der Waals surface area contributed by atoms with Crippen molar-refractivity contribution < 1.29 is 10.2 Å². The van der Waals surface area contributed by atoms with Crippen LogP contribution in [0.4, 0.5) is 0 Å². The van der Waals surface area contributed by atoms with Gasteiger partial charge in [0.1, 0.15) is 5.82 Å². The second-order valence-corrected chi connectivity index (χ2v) is 4.25. The molecule has 3 N–H and O–H groups in total. The molecule has 90 valence electrons. The number of phenolic OH excluding ortho intramolecular Hbond substituents is 2. The molecule has 0 saturated carbocycles. The number of nitrogens with one attached hydrogen (secondary N) is 1. The zero-order chi connectivity index (χ0) is 12.7. The first-order valence-corrected chi connectivity index (χ1v) is 5.55. The van der Waals surface area contributed by atoms with Gasteiger partial charge in [-0.15, -0.1) is 0 Å². The van der Waals surface area contributed by atoms with Crippen LogP contribution in [0, 0.1) is 0 Å². The predicted octanol–water partition coefficient (Wildman–Crippen LogP) is 2.69. The molecular formula is C12H8ClN3O2. The van der Waals surface area contributed by atoms with Crippen LogP contribution >= 0.6 is 11.6 Å². The molecule has 1 aromatic carbocycles. The molecular weight excluding hydrogens is 254 g/mol. The van der Waals surface area contributed by atoms with E-state index in [2.05, 4.69) is 15.0 Å². The van der Waals surface area contributed by atoms with Gasteiger partial charge in [0.15, 0.2) is 17.1 Å². The van der Waals surface area contributed by atoms with Crippen molar-refractivity contribution >= 4 is 22.8 Å². The van der Waals surface area contributed by atoms with Crippen molar-refractivity contribution in [2.24, 2.45) is 0 Å². The van der Waals surface area contributed by atoms with Crippen LogP contribution in [0.15, 0.2) is 30.5 Å². The minimum absolute atomic E-state index is 0.170. The van der Waals surface area contributed by atoms with E-state index in [1.807, 2.05) is 0 Å². The molecule has 2 heterocycles. The summed E-state index contributed by atoms with van der Waals surface area (Å²) >= 11 is 5.84. The Morgan fingerprint density at radius 1 is 1.11 bits per heavy atom. The van der Waals surface area contributed by atoms with E-state index in [1.165, 1.54) is 18.3 Å². The average Bonchev–Trinajstić information content (AvgIpc) is 2.75. The van der Waals surface area contributed by atoms with Crippen LogP contribution in [0.25, 0.3) is 22.6 Å². The van der Waals surface area contributed by atoms with E-state index in [0.717, 1.165) is 0 Å². The Bertz CT molecular complexity index is 739. The summed E-state index contributed by atoms with van der Waals surface area (Å²) in [6.07, 6.45) is 1.52. The summed E-state index contributed by atoms with van der Waals surface area (Å²) < 4.78 is 0. The van der Waals surface area contributed by atoms with Gasteiger partial charge >= 0.3 is 0 Å². The SMILES string of the molecule is Oc1ccc(-c2nc3ncc(Cl)cc3[nH]2)cc1O. The van der Waals surface area contributed by atoms with Crippen molar-refractivity contribution in [2.75, 3.05) is 0 Å². The lowest BCUT2D eigenvalue weighted by atomic mass is 10.2. The number of pyridine rings is 1. The number of fused-ring (bicyclic) bond motifs is 1. The molecule has 0 aliphatic rings. The van der Waals surface area contributed by atoms with E-state index in [1.54, 1.807) is 12.1 Å². The highest BCUT2D eigenvalue weighted by molar-refractivity contribution is 6.31. The van der Waals surface area contributed by atoms with E-state index in [4.69, 9.17) is 11.6 Å². The van der Waals surface area contributed by atoms with E-state index in [-0.39, 0.29) is 11.5 Å². The number of hydrogen-bond acceptors (Lipinski definition) is 4. The van der Waals surface area contributed by atoms with Gasteiger partial charge in [0, 0.05) is 11.8 Å². The summed E-state index contributed by atoms with van der Waals surface area (Å²) in [4.78, 5) is 11.4. The Kier molecular flexibility index (Phi) is 2.34. The first-order chi connectivity index (χ1) is 8.63. The molecule has 18 heavy (non-hydrogen) atoms. The van der Waals surface area contributed by atoms with Gasteiger partial charge in [0.05, 0.1) is 10.5 Å². The third-order valence-corrected chi connectivity index (χ3v) is 2.76. The van der Waals surface area contributed by atoms with Gasteiger partial charge in [0.25, 0.3) is 0 Å². The van der Waals surface area contributed by atoms with Crippen molar-refractivity contribution in [3.8, 4) is 22.9 Å². The van der Waals surface area contributed by atoms with Gasteiger partial charge in [0.2, 0.25) is 0 Å². The summed E-state index contributed by atoms with van der Waals surface area (Å²) in [5.41, 5.74) is 1.91. The molecule has 3 aromatic rings. The maximum absolute atomic E-state index is 9.45. The molecule has 5 nitrogen and oxygen atoms in total. The highest BCUT2D eigenvalue weighted by Gasteiger charge is 2.08. The standard InChI is InChI=1S/C12H8ClN3O2/c13-7-4-8-12(14-5-7)16-11(15-8)6-1-2-9(17)10(18)3-6/h1-5,17-18H,(H,14,15,16). The lowest BCUT2D eigenvalue weighted by Crippen LogP contribution is -1.80. The molecule has 0 atom stereocenters. The Balaban J connectivity index is 2.16. The Labute approximate surface area is 107 Å². The molecule has 0 fully saturated rings. The number of H-pyrrole nitrogens is 1. The number of aromatic amines is 1. The van der Waals surface area contributed by atoms with Crippen LogP contribution in [0.5, 0.6) is 11.5 Å². The first kappa shape index (κ1) is 10.9. The number of aromatic nitrogens is 3. The number of imidazole rings is 1. The van der Waals surface area contributed by atoms with Crippen molar-refractivity contribution in [2.45, 2.75) is 0 Å². The lowest BCUT2D eigenvalue weighted by Gasteiger charge is -1.99. The van der Waals surface area contributed by atoms with E-state index in [0.29, 0.717) is 27.6 Å². The third-order valence-electron chi connectivity index (χ3n) is 2.55. The first-order valence-electron chi connectivity index (χ1n) is 5.17. The Morgan fingerprint density at radius 3 is 2.72 bits per heavy atom. The van der Waals surface area contributed by atoms with Gasteiger partial charge in [-0.25, -0.2) is 9.97 Å². The molecule has 0 saturated heterocycles. The van der Waals surface area contributed by atoms with Crippen molar-refractivity contribution in [3.05, 3.63) is 35.5 Å². The summed E-state index contributed by atoms with van der Waals surface area (Å²) in [7, 11) is 0. The van der Waals surface area contributed by atoms with Gasteiger partial charge in [-0.1, -0.05) is 11.6 Å². The van der Waals surface area contributed by atoms with Crippen LogP contribution in [-0.2, 0) is 0 Å². The van der Waals surface area contributed by atoms with Crippen molar-refractivity contribution in [3.63, 3.8) is 0 Å². The maximum atomic E-state index is 9.45. The number of halogens is 1. The van der Waals surface area contributed by atoms with E-state index in [9.17, 15) is 10.2 Å². The molecule has 2 aromatic heterocycles. The highest BCUT2D eigenvalue weighted by Crippen LogP contribution is 2.30. The molecule has 0 spiro atoms. The smallest absolute Gasteiger partial charge is 0.178 e. The summed E-state index contributed by atoms with van der Waals surface area (Å²) in [6, 6.07) is 6.20. The number of phenols is 2. The second-order valence-electron chi connectivity index (χ2n) is 3.81. The summed E-state index contributed by atoms with van der Waals surface area (Å²) in [5.74, 6) is 0.185. The van der Waals surface area contributed by atoms with Gasteiger partial charge in [-0.2, -0.15) is 0 Å². The Hall–Kier alpha value is -2.27.